The highest BCUT2D eigenvalue weighted by Gasteiger charge is 1.97. The largest absolute Gasteiger partial charge is 0.494 e. The van der Waals surface area contributed by atoms with Crippen LogP contribution in [0, 0.1) is 17.2 Å². The first kappa shape index (κ1) is 12.6. The lowest BCUT2D eigenvalue weighted by molar-refractivity contribution is 0.297. The molecule has 0 saturated heterocycles. The molecule has 0 spiro atoms. The Labute approximate surface area is 97.9 Å². The first-order valence-electron chi connectivity index (χ1n) is 5.81. The minimum absolute atomic E-state index is 0.466. The smallest absolute Gasteiger partial charge is 0.119 e. The summed E-state index contributed by atoms with van der Waals surface area (Å²) in [5.74, 6) is 1.63. The Bertz CT molecular complexity index is 335. The lowest BCUT2D eigenvalue weighted by Gasteiger charge is -2.07. The van der Waals surface area contributed by atoms with E-state index in [1.807, 2.05) is 24.3 Å². The third kappa shape index (κ3) is 4.84. The number of rotatable bonds is 6. The molecular formula is C14H19NO. The van der Waals surface area contributed by atoms with Gasteiger partial charge in [-0.05, 0) is 36.5 Å². The van der Waals surface area contributed by atoms with Gasteiger partial charge in [0.2, 0.25) is 0 Å². The molecule has 0 saturated carbocycles. The van der Waals surface area contributed by atoms with Crippen LogP contribution in [0.5, 0.6) is 5.75 Å². The maximum absolute atomic E-state index is 8.53. The fourth-order valence-electron chi connectivity index (χ4n) is 1.48. The van der Waals surface area contributed by atoms with Crippen molar-refractivity contribution in [3.8, 4) is 11.8 Å². The quantitative estimate of drug-likeness (QED) is 0.682. The Kier molecular flexibility index (Phi) is 5.42. The molecule has 0 aliphatic rings. The molecule has 0 aliphatic carbocycles. The SMILES string of the molecule is CC(C)CCCOc1ccc(CC#N)cc1. The molecule has 1 rings (SSSR count). The maximum atomic E-state index is 8.53. The molecule has 16 heavy (non-hydrogen) atoms. The minimum Gasteiger partial charge on any atom is -0.494 e. The molecule has 0 fully saturated rings. The molecular weight excluding hydrogens is 198 g/mol. The Morgan fingerprint density at radius 2 is 1.94 bits per heavy atom. The lowest BCUT2D eigenvalue weighted by atomic mass is 10.1. The third-order valence-corrected chi connectivity index (χ3v) is 2.40. The lowest BCUT2D eigenvalue weighted by Crippen LogP contribution is -1.99. The highest BCUT2D eigenvalue weighted by atomic mass is 16.5. The van der Waals surface area contributed by atoms with Gasteiger partial charge < -0.3 is 4.74 Å². The van der Waals surface area contributed by atoms with Crippen LogP contribution in [0.1, 0.15) is 32.3 Å². The second-order valence-electron chi connectivity index (χ2n) is 4.36. The molecule has 0 atom stereocenters. The molecule has 0 aromatic heterocycles. The number of benzene rings is 1. The summed E-state index contributed by atoms with van der Waals surface area (Å²) in [6, 6.07) is 9.88. The van der Waals surface area contributed by atoms with Crippen LogP contribution in [0.3, 0.4) is 0 Å². The van der Waals surface area contributed by atoms with Gasteiger partial charge in [-0.1, -0.05) is 26.0 Å². The van der Waals surface area contributed by atoms with Crippen LogP contribution in [0.4, 0.5) is 0 Å². The van der Waals surface area contributed by atoms with Crippen molar-refractivity contribution in [1.82, 2.24) is 0 Å². The zero-order chi connectivity index (χ0) is 11.8. The average molecular weight is 217 g/mol. The van der Waals surface area contributed by atoms with E-state index >= 15 is 0 Å². The summed E-state index contributed by atoms with van der Waals surface area (Å²) >= 11 is 0. The fourth-order valence-corrected chi connectivity index (χ4v) is 1.48. The molecule has 0 heterocycles. The van der Waals surface area contributed by atoms with Crippen molar-refractivity contribution in [1.29, 1.82) is 5.26 Å². The summed E-state index contributed by atoms with van der Waals surface area (Å²) in [6.07, 6.45) is 2.76. The standard InChI is InChI=1S/C14H19NO/c1-12(2)4-3-11-16-14-7-5-13(6-8-14)9-10-15/h5-8,12H,3-4,9,11H2,1-2H3. The van der Waals surface area contributed by atoms with Crippen molar-refractivity contribution in [2.75, 3.05) is 6.61 Å². The van der Waals surface area contributed by atoms with E-state index < -0.39 is 0 Å². The molecule has 2 heteroatoms. The van der Waals surface area contributed by atoms with E-state index in [0.29, 0.717) is 6.42 Å². The Hall–Kier alpha value is -1.49. The zero-order valence-electron chi connectivity index (χ0n) is 10.1. The van der Waals surface area contributed by atoms with Gasteiger partial charge >= 0.3 is 0 Å². The van der Waals surface area contributed by atoms with Gasteiger partial charge in [0.1, 0.15) is 5.75 Å². The van der Waals surface area contributed by atoms with Crippen LogP contribution in [0.15, 0.2) is 24.3 Å². The van der Waals surface area contributed by atoms with E-state index in [9.17, 15) is 0 Å². The Morgan fingerprint density at radius 1 is 1.25 bits per heavy atom. The van der Waals surface area contributed by atoms with E-state index in [-0.39, 0.29) is 0 Å². The van der Waals surface area contributed by atoms with Crippen molar-refractivity contribution in [3.63, 3.8) is 0 Å². The predicted molar refractivity (Wildman–Crippen MR) is 65.3 cm³/mol. The number of hydrogen-bond donors (Lipinski definition) is 0. The summed E-state index contributed by atoms with van der Waals surface area (Å²) < 4.78 is 5.61. The minimum atomic E-state index is 0.466. The summed E-state index contributed by atoms with van der Waals surface area (Å²) in [7, 11) is 0. The number of ether oxygens (including phenoxy) is 1. The van der Waals surface area contributed by atoms with E-state index in [0.717, 1.165) is 30.3 Å². The van der Waals surface area contributed by atoms with Gasteiger partial charge in [0.15, 0.2) is 0 Å². The molecule has 0 unspecified atom stereocenters. The Balaban J connectivity index is 2.30. The van der Waals surface area contributed by atoms with Crippen molar-refractivity contribution in [2.45, 2.75) is 33.1 Å². The van der Waals surface area contributed by atoms with Crippen molar-refractivity contribution in [2.24, 2.45) is 5.92 Å². The molecule has 86 valence electrons. The summed E-state index contributed by atoms with van der Waals surface area (Å²) in [6.45, 7) is 5.21. The van der Waals surface area contributed by atoms with Gasteiger partial charge in [0.05, 0.1) is 19.1 Å². The molecule has 0 radical (unpaired) electrons. The van der Waals surface area contributed by atoms with E-state index in [1.165, 1.54) is 6.42 Å². The van der Waals surface area contributed by atoms with Gasteiger partial charge in [-0.3, -0.25) is 0 Å². The van der Waals surface area contributed by atoms with Crippen LogP contribution < -0.4 is 4.74 Å². The first-order chi connectivity index (χ1) is 7.72. The summed E-state index contributed by atoms with van der Waals surface area (Å²) in [5, 5.41) is 8.53. The van der Waals surface area contributed by atoms with Crippen LogP contribution in [-0.4, -0.2) is 6.61 Å². The van der Waals surface area contributed by atoms with E-state index in [4.69, 9.17) is 10.00 Å². The first-order valence-corrected chi connectivity index (χ1v) is 5.81. The van der Waals surface area contributed by atoms with Gasteiger partial charge in [0, 0.05) is 0 Å². The second-order valence-corrected chi connectivity index (χ2v) is 4.36. The predicted octanol–water partition coefficient (Wildman–Crippen LogP) is 3.57. The normalized spacial score (nSPS) is 10.1. The highest BCUT2D eigenvalue weighted by molar-refractivity contribution is 5.28. The van der Waals surface area contributed by atoms with E-state index in [2.05, 4.69) is 19.9 Å². The van der Waals surface area contributed by atoms with Gasteiger partial charge in [-0.2, -0.15) is 5.26 Å². The highest BCUT2D eigenvalue weighted by Crippen LogP contribution is 2.13. The van der Waals surface area contributed by atoms with Gasteiger partial charge in [-0.15, -0.1) is 0 Å². The average Bonchev–Trinajstić information content (AvgIpc) is 2.27. The molecule has 0 bridgehead atoms. The monoisotopic (exact) mass is 217 g/mol. The zero-order valence-corrected chi connectivity index (χ0v) is 10.1. The molecule has 0 amide bonds. The topological polar surface area (TPSA) is 33.0 Å². The van der Waals surface area contributed by atoms with Gasteiger partial charge in [-0.25, -0.2) is 0 Å². The molecule has 1 aromatic carbocycles. The number of nitriles is 1. The second kappa shape index (κ2) is 6.90. The number of nitrogens with zero attached hydrogens (tertiary/aromatic N) is 1. The number of hydrogen-bond acceptors (Lipinski definition) is 2. The maximum Gasteiger partial charge on any atom is 0.119 e. The van der Waals surface area contributed by atoms with Crippen molar-refractivity contribution < 1.29 is 4.74 Å². The third-order valence-electron chi connectivity index (χ3n) is 2.40. The fraction of sp³-hybridized carbons (Fsp3) is 0.500. The molecule has 1 aromatic rings. The van der Waals surface area contributed by atoms with E-state index in [1.54, 1.807) is 0 Å². The van der Waals surface area contributed by atoms with Crippen LogP contribution in [-0.2, 0) is 6.42 Å². The van der Waals surface area contributed by atoms with Crippen LogP contribution in [0.2, 0.25) is 0 Å². The molecule has 0 aliphatic heterocycles. The van der Waals surface area contributed by atoms with Crippen molar-refractivity contribution in [3.05, 3.63) is 29.8 Å². The summed E-state index contributed by atoms with van der Waals surface area (Å²) in [5.41, 5.74) is 1.04. The molecule has 0 N–H and O–H groups in total. The summed E-state index contributed by atoms with van der Waals surface area (Å²) in [4.78, 5) is 0. The molecule has 2 nitrogen and oxygen atoms in total. The Morgan fingerprint density at radius 3 is 2.50 bits per heavy atom. The van der Waals surface area contributed by atoms with Crippen molar-refractivity contribution >= 4 is 0 Å². The van der Waals surface area contributed by atoms with Crippen LogP contribution in [0.25, 0.3) is 0 Å². The van der Waals surface area contributed by atoms with Crippen LogP contribution >= 0.6 is 0 Å². The van der Waals surface area contributed by atoms with Gasteiger partial charge in [0.25, 0.3) is 0 Å².